The van der Waals surface area contributed by atoms with Gasteiger partial charge in [0.05, 0.1) is 12.2 Å². The summed E-state index contributed by atoms with van der Waals surface area (Å²) in [6, 6.07) is 0. The second kappa shape index (κ2) is 2.24. The zero-order chi connectivity index (χ0) is 8.29. The van der Waals surface area contributed by atoms with Gasteiger partial charge in [0.15, 0.2) is 0 Å². The third-order valence-electron chi connectivity index (χ3n) is 4.44. The first-order valence-corrected chi connectivity index (χ1v) is 5.13. The van der Waals surface area contributed by atoms with Crippen LogP contribution in [0.3, 0.4) is 0 Å². The third-order valence-corrected chi connectivity index (χ3v) is 4.44. The van der Waals surface area contributed by atoms with Crippen LogP contribution in [0, 0.1) is 23.7 Å². The van der Waals surface area contributed by atoms with E-state index in [0.717, 1.165) is 19.3 Å². The molecule has 0 saturated heterocycles. The molecule has 2 heteroatoms. The molecule has 2 nitrogen and oxygen atoms in total. The van der Waals surface area contributed by atoms with Gasteiger partial charge in [-0.25, -0.2) is 0 Å². The summed E-state index contributed by atoms with van der Waals surface area (Å²) in [4.78, 5) is 0. The average molecular weight is 168 g/mol. The number of aliphatic hydroxyl groups is 2. The Morgan fingerprint density at radius 3 is 2.50 bits per heavy atom. The molecule has 2 N–H and O–H groups in total. The third kappa shape index (κ3) is 0.728. The van der Waals surface area contributed by atoms with E-state index in [9.17, 15) is 10.2 Å². The fourth-order valence-electron chi connectivity index (χ4n) is 4.06. The minimum atomic E-state index is -0.0440. The van der Waals surface area contributed by atoms with Crippen LogP contribution in [0.5, 0.6) is 0 Å². The van der Waals surface area contributed by atoms with E-state index >= 15 is 0 Å². The molecule has 0 spiro atoms. The van der Waals surface area contributed by atoms with Gasteiger partial charge in [-0.3, -0.25) is 0 Å². The Hall–Kier alpha value is -0.0800. The topological polar surface area (TPSA) is 40.5 Å². The van der Waals surface area contributed by atoms with E-state index in [4.69, 9.17) is 0 Å². The molecule has 3 fully saturated rings. The van der Waals surface area contributed by atoms with Crippen LogP contribution < -0.4 is 0 Å². The molecule has 0 aromatic rings. The lowest BCUT2D eigenvalue weighted by Gasteiger charge is -2.29. The Morgan fingerprint density at radius 2 is 1.67 bits per heavy atom. The highest BCUT2D eigenvalue weighted by atomic mass is 16.3. The van der Waals surface area contributed by atoms with Crippen molar-refractivity contribution in [2.24, 2.45) is 23.7 Å². The van der Waals surface area contributed by atoms with Gasteiger partial charge in [0.25, 0.3) is 0 Å². The van der Waals surface area contributed by atoms with Crippen molar-refractivity contribution in [3.8, 4) is 0 Å². The first-order chi connectivity index (χ1) is 5.77. The van der Waals surface area contributed by atoms with E-state index in [1.165, 1.54) is 6.42 Å². The Bertz CT molecular complexity index is 204. The van der Waals surface area contributed by atoms with E-state index in [0.29, 0.717) is 23.7 Å². The largest absolute Gasteiger partial charge is 0.393 e. The van der Waals surface area contributed by atoms with Crippen LogP contribution in [-0.4, -0.2) is 22.4 Å². The molecule has 3 rings (SSSR count). The zero-order valence-electron chi connectivity index (χ0n) is 7.19. The van der Waals surface area contributed by atoms with E-state index in [1.54, 1.807) is 0 Å². The number of hydrogen-bond donors (Lipinski definition) is 2. The Labute approximate surface area is 72.6 Å². The number of aliphatic hydroxyl groups excluding tert-OH is 2. The number of rotatable bonds is 0. The van der Waals surface area contributed by atoms with Gasteiger partial charge in [0.1, 0.15) is 0 Å². The molecule has 4 unspecified atom stereocenters. The van der Waals surface area contributed by atoms with Crippen molar-refractivity contribution in [1.82, 2.24) is 0 Å². The van der Waals surface area contributed by atoms with Crippen LogP contribution in [0.25, 0.3) is 0 Å². The van der Waals surface area contributed by atoms with Gasteiger partial charge in [0, 0.05) is 0 Å². The molecular weight excluding hydrogens is 152 g/mol. The standard InChI is InChI=1S/C10H16O2/c11-8-2-1-6-7-3-5(10(6)8)4-9(7)12/h5-12H,1-4H2/t5-,6?,7-,8?,9?,10?/m0/s1. The smallest absolute Gasteiger partial charge is 0.0574 e. The predicted molar refractivity (Wildman–Crippen MR) is 44.4 cm³/mol. The maximum absolute atomic E-state index is 9.73. The molecule has 0 aliphatic heterocycles. The Balaban J connectivity index is 1.89. The van der Waals surface area contributed by atoms with E-state index in [2.05, 4.69) is 0 Å². The van der Waals surface area contributed by atoms with Crippen LogP contribution in [0.15, 0.2) is 0 Å². The second-order valence-corrected chi connectivity index (χ2v) is 4.85. The van der Waals surface area contributed by atoms with Crippen LogP contribution in [0.4, 0.5) is 0 Å². The van der Waals surface area contributed by atoms with E-state index < -0.39 is 0 Å². The van der Waals surface area contributed by atoms with Crippen LogP contribution >= 0.6 is 0 Å². The molecule has 3 aliphatic carbocycles. The molecule has 0 aromatic heterocycles. The molecule has 12 heavy (non-hydrogen) atoms. The minimum absolute atomic E-state index is 0.0402. The summed E-state index contributed by atoms with van der Waals surface area (Å²) in [5.41, 5.74) is 0. The van der Waals surface area contributed by atoms with Gasteiger partial charge >= 0.3 is 0 Å². The summed E-state index contributed by atoms with van der Waals surface area (Å²) >= 11 is 0. The maximum Gasteiger partial charge on any atom is 0.0574 e. The van der Waals surface area contributed by atoms with Crippen LogP contribution in [0.1, 0.15) is 25.7 Å². The fraction of sp³-hybridized carbons (Fsp3) is 1.00. The van der Waals surface area contributed by atoms with Gasteiger partial charge in [-0.05, 0) is 49.4 Å². The molecule has 68 valence electrons. The van der Waals surface area contributed by atoms with Crippen molar-refractivity contribution >= 4 is 0 Å². The lowest BCUT2D eigenvalue weighted by Crippen LogP contribution is -2.31. The van der Waals surface area contributed by atoms with Gasteiger partial charge in [-0.15, -0.1) is 0 Å². The lowest BCUT2D eigenvalue weighted by molar-refractivity contribution is 0.0296. The molecule has 0 heterocycles. The molecule has 0 aromatic carbocycles. The first kappa shape index (κ1) is 7.34. The molecule has 3 saturated carbocycles. The second-order valence-electron chi connectivity index (χ2n) is 4.85. The molecule has 3 aliphatic rings. The highest BCUT2D eigenvalue weighted by Crippen LogP contribution is 2.58. The average Bonchev–Trinajstić information content (AvgIpc) is 2.62. The van der Waals surface area contributed by atoms with Crippen LogP contribution in [0.2, 0.25) is 0 Å². The quantitative estimate of drug-likeness (QED) is 0.561. The highest BCUT2D eigenvalue weighted by Gasteiger charge is 2.56. The highest BCUT2D eigenvalue weighted by molar-refractivity contribution is 5.05. The van der Waals surface area contributed by atoms with E-state index in [-0.39, 0.29) is 12.2 Å². The minimum Gasteiger partial charge on any atom is -0.393 e. The van der Waals surface area contributed by atoms with Crippen molar-refractivity contribution in [3.63, 3.8) is 0 Å². The molecular formula is C10H16O2. The van der Waals surface area contributed by atoms with Crippen LogP contribution in [-0.2, 0) is 0 Å². The molecule has 0 amide bonds. The molecule has 0 radical (unpaired) electrons. The zero-order valence-corrected chi connectivity index (χ0v) is 7.19. The van der Waals surface area contributed by atoms with E-state index in [1.807, 2.05) is 0 Å². The van der Waals surface area contributed by atoms with Crippen molar-refractivity contribution in [3.05, 3.63) is 0 Å². The number of fused-ring (bicyclic) bond motifs is 5. The summed E-state index contributed by atoms with van der Waals surface area (Å²) in [6.07, 6.45) is 4.20. The van der Waals surface area contributed by atoms with Crippen molar-refractivity contribution in [2.75, 3.05) is 0 Å². The Kier molecular flexibility index (Phi) is 1.37. The molecule has 6 atom stereocenters. The summed E-state index contributed by atoms with van der Waals surface area (Å²) in [5, 5.41) is 19.4. The fourth-order valence-corrected chi connectivity index (χ4v) is 4.06. The summed E-state index contributed by atoms with van der Waals surface area (Å²) in [6.45, 7) is 0. The number of hydrogen-bond acceptors (Lipinski definition) is 2. The van der Waals surface area contributed by atoms with Crippen molar-refractivity contribution in [2.45, 2.75) is 37.9 Å². The first-order valence-electron chi connectivity index (χ1n) is 5.13. The Morgan fingerprint density at radius 1 is 0.833 bits per heavy atom. The van der Waals surface area contributed by atoms with Gasteiger partial charge in [-0.2, -0.15) is 0 Å². The lowest BCUT2D eigenvalue weighted by atomic mass is 9.79. The monoisotopic (exact) mass is 168 g/mol. The summed E-state index contributed by atoms with van der Waals surface area (Å²) in [5.74, 6) is 2.40. The van der Waals surface area contributed by atoms with Gasteiger partial charge in [0.2, 0.25) is 0 Å². The van der Waals surface area contributed by atoms with Crippen molar-refractivity contribution in [1.29, 1.82) is 0 Å². The van der Waals surface area contributed by atoms with Gasteiger partial charge < -0.3 is 10.2 Å². The predicted octanol–water partition coefficient (Wildman–Crippen LogP) is 0.774. The SMILES string of the molecule is OC1CCC2C1[C@@H]1CC(O)[C@H]2C1. The summed E-state index contributed by atoms with van der Waals surface area (Å²) < 4.78 is 0. The molecule has 2 bridgehead atoms. The normalized spacial score (nSPS) is 62.5. The summed E-state index contributed by atoms with van der Waals surface area (Å²) in [7, 11) is 0. The van der Waals surface area contributed by atoms with Crippen molar-refractivity contribution < 1.29 is 10.2 Å². The van der Waals surface area contributed by atoms with Gasteiger partial charge in [-0.1, -0.05) is 0 Å². The maximum atomic E-state index is 9.73.